The first-order valence-electron chi connectivity index (χ1n) is 7.73. The second kappa shape index (κ2) is 5.65. The molecular weight excluding hydrogens is 317 g/mol. The van der Waals surface area contributed by atoms with E-state index in [-0.39, 0.29) is 11.8 Å². The highest BCUT2D eigenvalue weighted by Crippen LogP contribution is 2.58. The minimum absolute atomic E-state index is 0.0815. The van der Waals surface area contributed by atoms with Gasteiger partial charge in [0.2, 0.25) is 0 Å². The summed E-state index contributed by atoms with van der Waals surface area (Å²) in [5, 5.41) is 9.89. The van der Waals surface area contributed by atoms with Crippen LogP contribution in [0.25, 0.3) is 0 Å². The van der Waals surface area contributed by atoms with E-state index in [0.717, 1.165) is 12.1 Å². The maximum absolute atomic E-state index is 12.7. The molecule has 0 radical (unpaired) electrons. The molecule has 3 rings (SSSR count). The van der Waals surface area contributed by atoms with Gasteiger partial charge in [0.15, 0.2) is 0 Å². The van der Waals surface area contributed by atoms with Gasteiger partial charge in [-0.3, -0.25) is 4.79 Å². The van der Waals surface area contributed by atoms with E-state index in [9.17, 15) is 23.1 Å². The average molecular weight is 334 g/mol. The van der Waals surface area contributed by atoms with Gasteiger partial charge in [-0.05, 0) is 35.6 Å². The van der Waals surface area contributed by atoms with Crippen LogP contribution >= 0.6 is 0 Å². The number of carboxylic acids is 1. The first kappa shape index (κ1) is 16.6. The molecule has 1 N–H and O–H groups in total. The Morgan fingerprint density at radius 2 is 1.67 bits per heavy atom. The molecule has 0 aliphatic heterocycles. The molecule has 0 bridgehead atoms. The van der Waals surface area contributed by atoms with E-state index in [1.165, 1.54) is 12.1 Å². The van der Waals surface area contributed by atoms with Gasteiger partial charge in [0.05, 0.1) is 5.56 Å². The maximum Gasteiger partial charge on any atom is 0.416 e. The molecule has 24 heavy (non-hydrogen) atoms. The van der Waals surface area contributed by atoms with Crippen molar-refractivity contribution in [3.05, 3.63) is 71.3 Å². The van der Waals surface area contributed by atoms with E-state index in [1.54, 1.807) is 24.3 Å². The van der Waals surface area contributed by atoms with E-state index >= 15 is 0 Å². The van der Waals surface area contributed by atoms with Crippen molar-refractivity contribution < 1.29 is 23.1 Å². The van der Waals surface area contributed by atoms with Gasteiger partial charge in [-0.2, -0.15) is 13.2 Å². The number of carboxylic acid groups (broad SMARTS) is 1. The number of rotatable bonds is 3. The number of benzene rings is 2. The van der Waals surface area contributed by atoms with Gasteiger partial charge in [0.1, 0.15) is 5.41 Å². The van der Waals surface area contributed by atoms with Crippen LogP contribution in [0.4, 0.5) is 13.2 Å². The lowest BCUT2D eigenvalue weighted by atomic mass is 9.49. The summed E-state index contributed by atoms with van der Waals surface area (Å²) in [5.74, 6) is -1.20. The van der Waals surface area contributed by atoms with Gasteiger partial charge in [0, 0.05) is 5.92 Å². The molecule has 1 aliphatic carbocycles. The lowest BCUT2D eigenvalue weighted by Crippen LogP contribution is -2.54. The van der Waals surface area contributed by atoms with E-state index in [4.69, 9.17) is 0 Å². The van der Waals surface area contributed by atoms with Gasteiger partial charge in [0.25, 0.3) is 0 Å². The van der Waals surface area contributed by atoms with E-state index in [2.05, 4.69) is 0 Å². The average Bonchev–Trinajstić information content (AvgIpc) is 2.52. The first-order chi connectivity index (χ1) is 11.3. The smallest absolute Gasteiger partial charge is 0.416 e. The normalized spacial score (nSPS) is 26.7. The summed E-state index contributed by atoms with van der Waals surface area (Å²) in [6, 6.07) is 13.8. The molecule has 1 aliphatic rings. The fraction of sp³-hybridized carbons (Fsp3) is 0.316. The summed E-state index contributed by atoms with van der Waals surface area (Å²) < 4.78 is 38.2. The molecule has 2 nitrogen and oxygen atoms in total. The quantitative estimate of drug-likeness (QED) is 0.871. The molecule has 0 spiro atoms. The zero-order chi connectivity index (χ0) is 17.5. The minimum atomic E-state index is -4.40. The third-order valence-corrected chi connectivity index (χ3v) is 5.01. The highest BCUT2D eigenvalue weighted by atomic mass is 19.4. The molecule has 3 atom stereocenters. The Morgan fingerprint density at radius 3 is 2.12 bits per heavy atom. The van der Waals surface area contributed by atoms with Crippen LogP contribution in [-0.2, 0) is 16.4 Å². The van der Waals surface area contributed by atoms with E-state index in [0.29, 0.717) is 17.5 Å². The Balaban J connectivity index is 2.03. The molecule has 0 saturated heterocycles. The highest BCUT2D eigenvalue weighted by Gasteiger charge is 2.58. The van der Waals surface area contributed by atoms with Gasteiger partial charge < -0.3 is 5.11 Å². The summed E-state index contributed by atoms with van der Waals surface area (Å²) in [7, 11) is 0. The van der Waals surface area contributed by atoms with Gasteiger partial charge in [-0.1, -0.05) is 49.4 Å². The SMILES string of the molecule is CC1CC(C(=O)O)(c2ccccc2)C1c1ccc(C(F)(F)F)cc1. The van der Waals surface area contributed by atoms with Crippen LogP contribution in [0.5, 0.6) is 0 Å². The number of hydrogen-bond donors (Lipinski definition) is 1. The lowest BCUT2D eigenvalue weighted by Gasteiger charge is -2.52. The number of aliphatic carboxylic acids is 1. The molecule has 0 amide bonds. The fourth-order valence-electron chi connectivity index (χ4n) is 3.95. The monoisotopic (exact) mass is 334 g/mol. The second-order valence-electron chi connectivity index (χ2n) is 6.42. The Kier molecular flexibility index (Phi) is 3.90. The molecule has 0 aromatic heterocycles. The number of alkyl halides is 3. The zero-order valence-electron chi connectivity index (χ0n) is 13.0. The van der Waals surface area contributed by atoms with Crippen molar-refractivity contribution in [3.63, 3.8) is 0 Å². The Hall–Kier alpha value is -2.30. The summed E-state index contributed by atoms with van der Waals surface area (Å²) in [6.45, 7) is 1.94. The molecule has 3 unspecified atom stereocenters. The molecule has 1 fully saturated rings. The van der Waals surface area contributed by atoms with Crippen molar-refractivity contribution in [2.45, 2.75) is 30.9 Å². The van der Waals surface area contributed by atoms with E-state index in [1.807, 2.05) is 13.0 Å². The van der Waals surface area contributed by atoms with Crippen molar-refractivity contribution in [3.8, 4) is 0 Å². The molecular formula is C19H17F3O2. The van der Waals surface area contributed by atoms with Crippen molar-refractivity contribution in [2.75, 3.05) is 0 Å². The van der Waals surface area contributed by atoms with Crippen LogP contribution in [0, 0.1) is 5.92 Å². The standard InChI is InChI=1S/C19H17F3O2/c1-12-11-18(17(23)24,14-5-3-2-4-6-14)16(12)13-7-9-15(10-8-13)19(20,21)22/h2-10,12,16H,11H2,1H3,(H,23,24). The topological polar surface area (TPSA) is 37.3 Å². The summed E-state index contributed by atoms with van der Waals surface area (Å²) in [6.07, 6.45) is -3.93. The van der Waals surface area contributed by atoms with Crippen molar-refractivity contribution >= 4 is 5.97 Å². The van der Waals surface area contributed by atoms with Crippen LogP contribution in [0.3, 0.4) is 0 Å². The molecule has 2 aromatic carbocycles. The van der Waals surface area contributed by atoms with Crippen LogP contribution < -0.4 is 0 Å². The molecule has 126 valence electrons. The third kappa shape index (κ3) is 2.48. The molecule has 0 heterocycles. The van der Waals surface area contributed by atoms with Crippen molar-refractivity contribution in [1.82, 2.24) is 0 Å². The Labute approximate surface area is 137 Å². The van der Waals surface area contributed by atoms with Gasteiger partial charge in [-0.25, -0.2) is 0 Å². The lowest BCUT2D eigenvalue weighted by molar-refractivity contribution is -0.151. The highest BCUT2D eigenvalue weighted by molar-refractivity contribution is 5.85. The van der Waals surface area contributed by atoms with E-state index < -0.39 is 23.1 Å². The largest absolute Gasteiger partial charge is 0.481 e. The number of halogens is 3. The second-order valence-corrected chi connectivity index (χ2v) is 6.42. The molecule has 5 heteroatoms. The Bertz CT molecular complexity index is 737. The zero-order valence-corrected chi connectivity index (χ0v) is 13.0. The predicted octanol–water partition coefficient (Wildman–Crippen LogP) is 4.85. The van der Waals surface area contributed by atoms with Gasteiger partial charge >= 0.3 is 12.1 Å². The number of carbonyl (C=O) groups is 1. The third-order valence-electron chi connectivity index (χ3n) is 5.01. The first-order valence-corrected chi connectivity index (χ1v) is 7.73. The van der Waals surface area contributed by atoms with Gasteiger partial charge in [-0.15, -0.1) is 0 Å². The molecule has 2 aromatic rings. The predicted molar refractivity (Wildman–Crippen MR) is 83.7 cm³/mol. The van der Waals surface area contributed by atoms with Crippen molar-refractivity contribution in [2.24, 2.45) is 5.92 Å². The summed E-state index contributed by atoms with van der Waals surface area (Å²) in [5.41, 5.74) is -0.479. The summed E-state index contributed by atoms with van der Waals surface area (Å²) in [4.78, 5) is 12.1. The molecule has 1 saturated carbocycles. The van der Waals surface area contributed by atoms with Crippen LogP contribution in [-0.4, -0.2) is 11.1 Å². The van der Waals surface area contributed by atoms with Crippen LogP contribution in [0.15, 0.2) is 54.6 Å². The van der Waals surface area contributed by atoms with Crippen LogP contribution in [0.1, 0.15) is 36.0 Å². The summed E-state index contributed by atoms with van der Waals surface area (Å²) >= 11 is 0. The maximum atomic E-state index is 12.7. The minimum Gasteiger partial charge on any atom is -0.481 e. The number of hydrogen-bond acceptors (Lipinski definition) is 1. The fourth-order valence-corrected chi connectivity index (χ4v) is 3.95. The Morgan fingerprint density at radius 1 is 1.08 bits per heavy atom. The van der Waals surface area contributed by atoms with Crippen molar-refractivity contribution in [1.29, 1.82) is 0 Å². The van der Waals surface area contributed by atoms with Crippen LogP contribution in [0.2, 0.25) is 0 Å².